The maximum atomic E-state index is 13.6. The highest BCUT2D eigenvalue weighted by Gasteiger charge is 2.51. The molecule has 98 valence electrons. The van der Waals surface area contributed by atoms with E-state index < -0.39 is 17.0 Å². The Labute approximate surface area is 104 Å². The zero-order chi connectivity index (χ0) is 13.3. The fourth-order valence-electron chi connectivity index (χ4n) is 2.11. The highest BCUT2D eigenvalue weighted by atomic mass is 19.1. The molecule has 0 atom stereocenters. The Morgan fingerprint density at radius 3 is 2.67 bits per heavy atom. The van der Waals surface area contributed by atoms with Crippen molar-refractivity contribution in [2.24, 2.45) is 5.41 Å². The second kappa shape index (κ2) is 4.55. The van der Waals surface area contributed by atoms with Crippen LogP contribution in [0.5, 0.6) is 0 Å². The Balaban J connectivity index is 2.15. The van der Waals surface area contributed by atoms with E-state index in [2.05, 4.69) is 0 Å². The number of methoxy groups -OCH3 is 1. The first kappa shape index (κ1) is 12.8. The van der Waals surface area contributed by atoms with Gasteiger partial charge in [-0.3, -0.25) is 4.79 Å². The number of carbonyl (C=O) groups excluding carboxylic acids is 1. The maximum absolute atomic E-state index is 13.6. The summed E-state index contributed by atoms with van der Waals surface area (Å²) >= 11 is 0. The lowest BCUT2D eigenvalue weighted by Gasteiger charge is -2.24. The number of benzene rings is 1. The third-order valence-electron chi connectivity index (χ3n) is 3.33. The highest BCUT2D eigenvalue weighted by molar-refractivity contribution is 5.80. The fourth-order valence-corrected chi connectivity index (χ4v) is 2.11. The predicted molar refractivity (Wildman–Crippen MR) is 63.3 cm³/mol. The van der Waals surface area contributed by atoms with Gasteiger partial charge in [-0.15, -0.1) is 0 Å². The third-order valence-corrected chi connectivity index (χ3v) is 3.33. The molecular weight excluding hydrogens is 240 g/mol. The van der Waals surface area contributed by atoms with Crippen molar-refractivity contribution in [1.29, 1.82) is 0 Å². The first-order valence-electron chi connectivity index (χ1n) is 5.73. The number of hydrogen-bond donors (Lipinski definition) is 0. The zero-order valence-corrected chi connectivity index (χ0v) is 10.4. The van der Waals surface area contributed by atoms with Crippen LogP contribution in [-0.2, 0) is 9.53 Å². The Bertz CT molecular complexity index is 472. The van der Waals surface area contributed by atoms with Gasteiger partial charge in [-0.1, -0.05) is 0 Å². The lowest BCUT2D eigenvalue weighted by molar-refractivity contribution is -0.146. The van der Waals surface area contributed by atoms with Crippen molar-refractivity contribution in [2.75, 3.05) is 25.6 Å². The second-order valence-corrected chi connectivity index (χ2v) is 4.72. The molecule has 18 heavy (non-hydrogen) atoms. The van der Waals surface area contributed by atoms with Gasteiger partial charge in [0, 0.05) is 19.7 Å². The van der Waals surface area contributed by atoms with Crippen LogP contribution in [0.3, 0.4) is 0 Å². The summed E-state index contributed by atoms with van der Waals surface area (Å²) in [6.45, 7) is 0.333. The van der Waals surface area contributed by atoms with Crippen LogP contribution >= 0.6 is 0 Å². The summed E-state index contributed by atoms with van der Waals surface area (Å²) in [7, 11) is 2.98. The minimum atomic E-state index is -0.553. The molecule has 2 rings (SSSR count). The van der Waals surface area contributed by atoms with E-state index in [0.29, 0.717) is 6.54 Å². The maximum Gasteiger partial charge on any atom is 0.313 e. The van der Waals surface area contributed by atoms with Crippen molar-refractivity contribution in [2.45, 2.75) is 12.8 Å². The van der Waals surface area contributed by atoms with Gasteiger partial charge in [0.2, 0.25) is 0 Å². The number of carbonyl (C=O) groups is 1. The van der Waals surface area contributed by atoms with E-state index in [1.807, 2.05) is 0 Å². The summed E-state index contributed by atoms with van der Waals surface area (Å²) in [5.74, 6) is -1.29. The smallest absolute Gasteiger partial charge is 0.313 e. The average Bonchev–Trinajstić information content (AvgIpc) is 3.12. The summed E-state index contributed by atoms with van der Waals surface area (Å²) in [5.41, 5.74) is -0.396. The molecule has 0 saturated heterocycles. The number of rotatable bonds is 4. The largest absolute Gasteiger partial charge is 0.469 e. The molecule has 3 nitrogen and oxygen atoms in total. The standard InChI is InChI=1S/C13H15F2NO2/c1-16(8-13(5-6-13)12(17)18-2)11-7-9(14)3-4-10(11)15/h3-4,7H,5-6,8H2,1-2H3. The van der Waals surface area contributed by atoms with Gasteiger partial charge in [0.25, 0.3) is 0 Å². The highest BCUT2D eigenvalue weighted by Crippen LogP contribution is 2.47. The van der Waals surface area contributed by atoms with Crippen LogP contribution in [0.15, 0.2) is 18.2 Å². The molecule has 0 bridgehead atoms. The van der Waals surface area contributed by atoms with Gasteiger partial charge in [-0.05, 0) is 25.0 Å². The van der Waals surface area contributed by atoms with Crippen LogP contribution in [-0.4, -0.2) is 26.7 Å². The molecule has 1 fully saturated rings. The Hall–Kier alpha value is -1.65. The minimum Gasteiger partial charge on any atom is -0.469 e. The van der Waals surface area contributed by atoms with E-state index in [1.165, 1.54) is 7.11 Å². The average molecular weight is 255 g/mol. The van der Waals surface area contributed by atoms with Crippen molar-refractivity contribution >= 4 is 11.7 Å². The summed E-state index contributed by atoms with van der Waals surface area (Å²) in [4.78, 5) is 13.2. The van der Waals surface area contributed by atoms with Crippen LogP contribution in [0.1, 0.15) is 12.8 Å². The van der Waals surface area contributed by atoms with E-state index >= 15 is 0 Å². The molecule has 1 aromatic rings. The molecule has 1 aliphatic rings. The molecule has 5 heteroatoms. The topological polar surface area (TPSA) is 29.5 Å². The van der Waals surface area contributed by atoms with Crippen molar-refractivity contribution < 1.29 is 18.3 Å². The van der Waals surface area contributed by atoms with E-state index in [4.69, 9.17) is 4.74 Å². The molecule has 0 heterocycles. The van der Waals surface area contributed by atoms with Gasteiger partial charge < -0.3 is 9.64 Å². The third kappa shape index (κ3) is 2.30. The summed E-state index contributed by atoms with van der Waals surface area (Å²) in [6.07, 6.45) is 1.45. The minimum absolute atomic E-state index is 0.158. The number of halogens is 2. The number of esters is 1. The van der Waals surface area contributed by atoms with E-state index in [-0.39, 0.29) is 11.7 Å². The van der Waals surface area contributed by atoms with Crippen molar-refractivity contribution in [3.63, 3.8) is 0 Å². The Morgan fingerprint density at radius 1 is 1.44 bits per heavy atom. The normalized spacial score (nSPS) is 16.2. The first-order chi connectivity index (χ1) is 8.48. The Kier molecular flexibility index (Phi) is 3.24. The van der Waals surface area contributed by atoms with Gasteiger partial charge in [-0.2, -0.15) is 0 Å². The van der Waals surface area contributed by atoms with Crippen molar-refractivity contribution in [3.05, 3.63) is 29.8 Å². The van der Waals surface area contributed by atoms with Crippen molar-refractivity contribution in [3.8, 4) is 0 Å². The SMILES string of the molecule is COC(=O)C1(CN(C)c2cc(F)ccc2F)CC1. The summed E-state index contributed by atoms with van der Waals surface area (Å²) in [6, 6.07) is 3.28. The molecule has 1 saturated carbocycles. The van der Waals surface area contributed by atoms with E-state index in [1.54, 1.807) is 11.9 Å². The molecule has 0 N–H and O–H groups in total. The molecule has 0 amide bonds. The first-order valence-corrected chi connectivity index (χ1v) is 5.73. The molecule has 0 aromatic heterocycles. The van der Waals surface area contributed by atoms with Crippen LogP contribution in [0, 0.1) is 17.0 Å². The van der Waals surface area contributed by atoms with Gasteiger partial charge in [0.1, 0.15) is 11.6 Å². The second-order valence-electron chi connectivity index (χ2n) is 4.72. The van der Waals surface area contributed by atoms with E-state index in [9.17, 15) is 13.6 Å². The molecular formula is C13H15F2NO2. The number of nitrogens with zero attached hydrogens (tertiary/aromatic N) is 1. The number of anilines is 1. The summed E-state index contributed by atoms with van der Waals surface area (Å²) < 4.78 is 31.4. The molecule has 0 unspecified atom stereocenters. The molecule has 0 spiro atoms. The van der Waals surface area contributed by atoms with Crippen molar-refractivity contribution in [1.82, 2.24) is 0 Å². The van der Waals surface area contributed by atoms with Gasteiger partial charge >= 0.3 is 5.97 Å². The lowest BCUT2D eigenvalue weighted by Crippen LogP contribution is -2.33. The van der Waals surface area contributed by atoms with E-state index in [0.717, 1.165) is 31.0 Å². The number of ether oxygens (including phenoxy) is 1. The molecule has 0 radical (unpaired) electrons. The molecule has 1 aliphatic carbocycles. The Morgan fingerprint density at radius 2 is 2.11 bits per heavy atom. The van der Waals surface area contributed by atoms with Crippen LogP contribution < -0.4 is 4.90 Å². The number of hydrogen-bond acceptors (Lipinski definition) is 3. The quantitative estimate of drug-likeness (QED) is 0.773. The van der Waals surface area contributed by atoms with Crippen LogP contribution in [0.2, 0.25) is 0 Å². The van der Waals surface area contributed by atoms with Gasteiger partial charge in [0.15, 0.2) is 0 Å². The van der Waals surface area contributed by atoms with Gasteiger partial charge in [0.05, 0.1) is 18.2 Å². The summed E-state index contributed by atoms with van der Waals surface area (Å²) in [5, 5.41) is 0. The molecule has 1 aromatic carbocycles. The molecule has 0 aliphatic heterocycles. The fraction of sp³-hybridized carbons (Fsp3) is 0.462. The monoisotopic (exact) mass is 255 g/mol. The van der Waals surface area contributed by atoms with Crippen LogP contribution in [0.25, 0.3) is 0 Å². The lowest BCUT2D eigenvalue weighted by atomic mass is 10.1. The predicted octanol–water partition coefficient (Wildman–Crippen LogP) is 2.35. The van der Waals surface area contributed by atoms with Crippen LogP contribution in [0.4, 0.5) is 14.5 Å². The zero-order valence-electron chi connectivity index (χ0n) is 10.4. The van der Waals surface area contributed by atoms with Gasteiger partial charge in [-0.25, -0.2) is 8.78 Å².